The van der Waals surface area contributed by atoms with Crippen molar-refractivity contribution in [1.29, 1.82) is 0 Å². The van der Waals surface area contributed by atoms with Crippen molar-refractivity contribution in [2.75, 3.05) is 6.61 Å². The van der Waals surface area contributed by atoms with E-state index in [1.165, 1.54) is 5.56 Å². The van der Waals surface area contributed by atoms with Gasteiger partial charge in [-0.1, -0.05) is 54.6 Å². The summed E-state index contributed by atoms with van der Waals surface area (Å²) < 4.78 is 4.95. The van der Waals surface area contributed by atoms with Gasteiger partial charge in [-0.15, -0.1) is 0 Å². The van der Waals surface area contributed by atoms with Crippen molar-refractivity contribution >= 4 is 11.9 Å². The summed E-state index contributed by atoms with van der Waals surface area (Å²) in [6.45, 7) is -0.401. The van der Waals surface area contributed by atoms with Gasteiger partial charge in [-0.2, -0.15) is 0 Å². The second-order valence-electron chi connectivity index (χ2n) is 6.13. The summed E-state index contributed by atoms with van der Waals surface area (Å²) in [6.07, 6.45) is 1.50. The molecule has 2 N–H and O–H groups in total. The van der Waals surface area contributed by atoms with Crippen LogP contribution < -0.4 is 5.32 Å². The van der Waals surface area contributed by atoms with E-state index in [-0.39, 0.29) is 11.9 Å². The zero-order chi connectivity index (χ0) is 17.6. The Morgan fingerprint density at radius 2 is 1.84 bits per heavy atom. The van der Waals surface area contributed by atoms with E-state index < -0.39 is 18.7 Å². The number of aryl methyl sites for hydroxylation is 1. The zero-order valence-corrected chi connectivity index (χ0v) is 13.9. The first-order valence-corrected chi connectivity index (χ1v) is 8.42. The smallest absolute Gasteiger partial charge is 0.340 e. The molecule has 0 unspecified atom stereocenters. The highest BCUT2D eigenvalue weighted by molar-refractivity contribution is 5.82. The highest BCUT2D eigenvalue weighted by Crippen LogP contribution is 2.29. The van der Waals surface area contributed by atoms with Gasteiger partial charge in [0.1, 0.15) is 0 Å². The third-order valence-corrected chi connectivity index (χ3v) is 4.39. The van der Waals surface area contributed by atoms with Crippen LogP contribution in [-0.4, -0.2) is 23.6 Å². The first-order valence-electron chi connectivity index (χ1n) is 8.42. The van der Waals surface area contributed by atoms with Gasteiger partial charge in [0.05, 0.1) is 6.04 Å². The van der Waals surface area contributed by atoms with Crippen molar-refractivity contribution in [3.63, 3.8) is 0 Å². The van der Waals surface area contributed by atoms with E-state index in [2.05, 4.69) is 11.4 Å². The normalized spacial score (nSPS) is 17.2. The molecule has 0 fully saturated rings. The summed E-state index contributed by atoms with van der Waals surface area (Å²) in [6, 6.07) is 16.5. The molecule has 5 heteroatoms. The van der Waals surface area contributed by atoms with Crippen LogP contribution in [0.5, 0.6) is 0 Å². The monoisotopic (exact) mass is 339 g/mol. The van der Waals surface area contributed by atoms with E-state index in [9.17, 15) is 14.7 Å². The largest absolute Gasteiger partial charge is 0.453 e. The molecule has 1 aliphatic rings. The van der Waals surface area contributed by atoms with Crippen molar-refractivity contribution < 1.29 is 19.4 Å². The number of hydrogen-bond donors (Lipinski definition) is 2. The molecule has 0 heterocycles. The molecule has 2 aromatic rings. The maximum atomic E-state index is 12.1. The van der Waals surface area contributed by atoms with Crippen LogP contribution in [0, 0.1) is 0 Å². The second-order valence-corrected chi connectivity index (χ2v) is 6.13. The van der Waals surface area contributed by atoms with Crippen LogP contribution >= 0.6 is 0 Å². The number of aliphatic hydroxyl groups is 1. The van der Waals surface area contributed by atoms with Crippen molar-refractivity contribution in [2.45, 2.75) is 31.4 Å². The number of nitrogens with one attached hydrogen (secondary N) is 1. The summed E-state index contributed by atoms with van der Waals surface area (Å²) in [5, 5.41) is 12.9. The molecule has 0 bridgehead atoms. The van der Waals surface area contributed by atoms with Crippen LogP contribution in [0.4, 0.5) is 0 Å². The van der Waals surface area contributed by atoms with Crippen LogP contribution in [0.2, 0.25) is 0 Å². The van der Waals surface area contributed by atoms with Gasteiger partial charge >= 0.3 is 5.97 Å². The van der Waals surface area contributed by atoms with Gasteiger partial charge in [-0.25, -0.2) is 4.79 Å². The molecule has 5 nitrogen and oxygen atoms in total. The van der Waals surface area contributed by atoms with Crippen molar-refractivity contribution in [1.82, 2.24) is 5.32 Å². The van der Waals surface area contributed by atoms with Gasteiger partial charge < -0.3 is 15.2 Å². The molecule has 0 aliphatic heterocycles. The summed E-state index contributed by atoms with van der Waals surface area (Å²) in [5.41, 5.74) is 2.81. The predicted octanol–water partition coefficient (Wildman–Crippen LogP) is 2.46. The molecular formula is C20H21NO4. The minimum atomic E-state index is -1.38. The van der Waals surface area contributed by atoms with Crippen LogP contribution in [0.25, 0.3) is 0 Å². The average molecular weight is 339 g/mol. The van der Waals surface area contributed by atoms with Crippen molar-refractivity contribution in [2.24, 2.45) is 0 Å². The van der Waals surface area contributed by atoms with Gasteiger partial charge in [0.25, 0.3) is 5.91 Å². The van der Waals surface area contributed by atoms with Crippen LogP contribution in [-0.2, 0) is 20.7 Å². The molecule has 0 saturated carbocycles. The highest BCUT2D eigenvalue weighted by atomic mass is 16.5. The van der Waals surface area contributed by atoms with E-state index in [4.69, 9.17) is 4.74 Å². The van der Waals surface area contributed by atoms with E-state index >= 15 is 0 Å². The number of fused-ring (bicyclic) bond motifs is 1. The standard InChI is InChI=1S/C20H21NO4/c22-18(13-25-20(24)19(23)15-8-2-1-3-9-15)21-17-12-6-10-14-7-4-5-11-16(14)17/h1-5,7-9,11,17,19,23H,6,10,12-13H2,(H,21,22)/t17-,19-/m0/s1. The molecule has 130 valence electrons. The minimum absolute atomic E-state index is 0.0600. The topological polar surface area (TPSA) is 75.6 Å². The van der Waals surface area contributed by atoms with Crippen molar-refractivity contribution in [3.8, 4) is 0 Å². The lowest BCUT2D eigenvalue weighted by atomic mass is 9.88. The second kappa shape index (κ2) is 7.94. The third-order valence-electron chi connectivity index (χ3n) is 4.39. The van der Waals surface area contributed by atoms with Gasteiger partial charge in [0.2, 0.25) is 0 Å². The fraction of sp³-hybridized carbons (Fsp3) is 0.300. The Bertz CT molecular complexity index is 744. The molecule has 3 rings (SSSR count). The maximum absolute atomic E-state index is 12.1. The molecule has 25 heavy (non-hydrogen) atoms. The lowest BCUT2D eigenvalue weighted by molar-refractivity contribution is -0.157. The van der Waals surface area contributed by atoms with Crippen molar-refractivity contribution in [3.05, 3.63) is 71.3 Å². The van der Waals surface area contributed by atoms with Crippen LogP contribution in [0.15, 0.2) is 54.6 Å². The fourth-order valence-electron chi connectivity index (χ4n) is 3.13. The van der Waals surface area contributed by atoms with Gasteiger partial charge in [-0.3, -0.25) is 4.79 Å². The Morgan fingerprint density at radius 3 is 2.64 bits per heavy atom. The SMILES string of the molecule is O=C(COC(=O)[C@@H](O)c1ccccc1)N[C@H]1CCCc2ccccc21. The average Bonchev–Trinajstić information content (AvgIpc) is 2.66. The summed E-state index contributed by atoms with van der Waals surface area (Å²) >= 11 is 0. The third kappa shape index (κ3) is 4.25. The Morgan fingerprint density at radius 1 is 1.12 bits per heavy atom. The number of ether oxygens (including phenoxy) is 1. The lowest BCUT2D eigenvalue weighted by Crippen LogP contribution is -2.34. The lowest BCUT2D eigenvalue weighted by Gasteiger charge is -2.26. The molecule has 0 aromatic heterocycles. The number of esters is 1. The molecule has 0 radical (unpaired) electrons. The Hall–Kier alpha value is -2.66. The predicted molar refractivity (Wildman–Crippen MR) is 92.6 cm³/mol. The zero-order valence-electron chi connectivity index (χ0n) is 13.9. The first-order chi connectivity index (χ1) is 12.1. The van der Waals surface area contributed by atoms with E-state index in [1.54, 1.807) is 30.3 Å². The Balaban J connectivity index is 1.53. The fourth-order valence-corrected chi connectivity index (χ4v) is 3.13. The molecule has 2 aromatic carbocycles. The number of carbonyl (C=O) groups is 2. The Kier molecular flexibility index (Phi) is 5.46. The van der Waals surface area contributed by atoms with E-state index in [1.807, 2.05) is 18.2 Å². The molecule has 0 spiro atoms. The summed E-state index contributed by atoms with van der Waals surface area (Å²) in [7, 11) is 0. The number of amides is 1. The molecular weight excluding hydrogens is 318 g/mol. The Labute approximate surface area is 146 Å². The van der Waals surface area contributed by atoms with Gasteiger partial charge in [-0.05, 0) is 36.0 Å². The van der Waals surface area contributed by atoms with E-state index in [0.717, 1.165) is 24.8 Å². The van der Waals surface area contributed by atoms with Gasteiger partial charge in [0.15, 0.2) is 12.7 Å². The number of benzene rings is 2. The van der Waals surface area contributed by atoms with Crippen LogP contribution in [0.3, 0.4) is 0 Å². The number of carbonyl (C=O) groups excluding carboxylic acids is 2. The number of rotatable bonds is 5. The van der Waals surface area contributed by atoms with Crippen LogP contribution in [0.1, 0.15) is 41.7 Å². The molecule has 2 atom stereocenters. The maximum Gasteiger partial charge on any atom is 0.340 e. The van der Waals surface area contributed by atoms with Gasteiger partial charge in [0, 0.05) is 0 Å². The molecule has 1 aliphatic carbocycles. The number of aliphatic hydroxyl groups excluding tert-OH is 1. The molecule has 0 saturated heterocycles. The summed E-state index contributed by atoms with van der Waals surface area (Å²) in [5.74, 6) is -1.19. The van der Waals surface area contributed by atoms with E-state index in [0.29, 0.717) is 5.56 Å². The highest BCUT2D eigenvalue weighted by Gasteiger charge is 2.23. The molecule has 1 amide bonds. The summed E-state index contributed by atoms with van der Waals surface area (Å²) in [4.78, 5) is 24.0. The number of hydrogen-bond acceptors (Lipinski definition) is 4. The first kappa shape index (κ1) is 17.2. The quantitative estimate of drug-likeness (QED) is 0.821. The minimum Gasteiger partial charge on any atom is -0.453 e.